The van der Waals surface area contributed by atoms with E-state index in [0.29, 0.717) is 19.2 Å². The summed E-state index contributed by atoms with van der Waals surface area (Å²) in [6, 6.07) is 7.29. The number of nitrogens with zero attached hydrogens (tertiary/aromatic N) is 4. The van der Waals surface area contributed by atoms with Gasteiger partial charge in [-0.25, -0.2) is 9.97 Å². The molecule has 0 saturated heterocycles. The molecule has 0 N–H and O–H groups in total. The van der Waals surface area contributed by atoms with Gasteiger partial charge in [-0.05, 0) is 48.9 Å². The Morgan fingerprint density at radius 3 is 2.81 bits per heavy atom. The molecule has 164 valence electrons. The van der Waals surface area contributed by atoms with Crippen molar-refractivity contribution in [2.24, 2.45) is 0 Å². The minimum absolute atomic E-state index is 0.364. The summed E-state index contributed by atoms with van der Waals surface area (Å²) < 4.78 is 14.0. The van der Waals surface area contributed by atoms with Crippen molar-refractivity contribution in [3.8, 4) is 17.0 Å². The standard InChI is InChI=1S/C24H32N4O2Si/c1-31(2,3)14-13-29-18-28-12-11-26-23(28)17-30-24-15-21(19-7-6-10-25-16-19)20-8-4-5-9-22(20)27-24/h6-7,10-12,15-16H,4-5,8-9,13-14,17-18H2,1-3H3. The van der Waals surface area contributed by atoms with E-state index in [2.05, 4.69) is 41.7 Å². The summed E-state index contributed by atoms with van der Waals surface area (Å²) in [6.07, 6.45) is 11.9. The van der Waals surface area contributed by atoms with E-state index in [4.69, 9.17) is 14.5 Å². The average molecular weight is 437 g/mol. The van der Waals surface area contributed by atoms with Crippen LogP contribution in [-0.4, -0.2) is 34.2 Å². The highest BCUT2D eigenvalue weighted by Crippen LogP contribution is 2.33. The van der Waals surface area contributed by atoms with Crippen LogP contribution in [0, 0.1) is 0 Å². The minimum Gasteiger partial charge on any atom is -0.469 e. The van der Waals surface area contributed by atoms with Gasteiger partial charge in [-0.2, -0.15) is 0 Å². The summed E-state index contributed by atoms with van der Waals surface area (Å²) in [5.41, 5.74) is 4.79. The molecule has 0 spiro atoms. The lowest BCUT2D eigenvalue weighted by Crippen LogP contribution is -2.22. The first kappa shape index (κ1) is 21.7. The third-order valence-electron chi connectivity index (χ3n) is 5.63. The summed E-state index contributed by atoms with van der Waals surface area (Å²) in [5, 5.41) is 0. The van der Waals surface area contributed by atoms with Crippen molar-refractivity contribution in [3.05, 3.63) is 60.1 Å². The largest absolute Gasteiger partial charge is 0.469 e. The van der Waals surface area contributed by atoms with Gasteiger partial charge in [-0.15, -0.1) is 0 Å². The number of fused-ring (bicyclic) bond motifs is 1. The molecule has 0 radical (unpaired) electrons. The summed E-state index contributed by atoms with van der Waals surface area (Å²) in [4.78, 5) is 13.6. The van der Waals surface area contributed by atoms with Gasteiger partial charge in [0.15, 0.2) is 0 Å². The lowest BCUT2D eigenvalue weighted by atomic mass is 9.90. The minimum atomic E-state index is -1.09. The van der Waals surface area contributed by atoms with Crippen LogP contribution in [0.25, 0.3) is 11.1 Å². The smallest absolute Gasteiger partial charge is 0.214 e. The molecule has 0 unspecified atom stereocenters. The molecule has 3 aromatic rings. The van der Waals surface area contributed by atoms with E-state index in [9.17, 15) is 0 Å². The van der Waals surface area contributed by atoms with Gasteiger partial charge in [0.05, 0.1) is 0 Å². The maximum atomic E-state index is 6.12. The topological polar surface area (TPSA) is 62.1 Å². The van der Waals surface area contributed by atoms with Gasteiger partial charge < -0.3 is 14.0 Å². The second-order valence-corrected chi connectivity index (χ2v) is 15.0. The van der Waals surface area contributed by atoms with Crippen LogP contribution in [0.2, 0.25) is 25.7 Å². The van der Waals surface area contributed by atoms with Crippen LogP contribution in [0.15, 0.2) is 43.0 Å². The van der Waals surface area contributed by atoms with Crippen molar-refractivity contribution in [2.75, 3.05) is 6.61 Å². The van der Waals surface area contributed by atoms with Crippen LogP contribution in [0.5, 0.6) is 5.88 Å². The Morgan fingerprint density at radius 1 is 1.13 bits per heavy atom. The molecule has 0 amide bonds. The molecular formula is C24H32N4O2Si. The first-order chi connectivity index (χ1) is 15.0. The van der Waals surface area contributed by atoms with Gasteiger partial charge in [0.25, 0.3) is 0 Å². The van der Waals surface area contributed by atoms with Crippen molar-refractivity contribution in [3.63, 3.8) is 0 Å². The Morgan fingerprint density at radius 2 is 2.00 bits per heavy atom. The van der Waals surface area contributed by atoms with Crippen LogP contribution in [-0.2, 0) is 30.9 Å². The molecular weight excluding hydrogens is 404 g/mol. The number of imidazole rings is 1. The maximum Gasteiger partial charge on any atom is 0.214 e. The van der Waals surface area contributed by atoms with E-state index in [1.807, 2.05) is 23.0 Å². The molecule has 7 heteroatoms. The Kier molecular flexibility index (Phi) is 6.82. The van der Waals surface area contributed by atoms with Crippen LogP contribution < -0.4 is 4.74 Å². The SMILES string of the molecule is C[Si](C)(C)CCOCn1ccnc1COc1cc(-c2cccnc2)c2c(n1)CCCC2. The van der Waals surface area contributed by atoms with Crippen LogP contribution in [0.3, 0.4) is 0 Å². The Hall–Kier alpha value is -2.51. The number of hydrogen-bond donors (Lipinski definition) is 0. The van der Waals surface area contributed by atoms with Crippen LogP contribution in [0.4, 0.5) is 0 Å². The summed E-state index contributed by atoms with van der Waals surface area (Å²) in [7, 11) is -1.09. The normalized spacial score (nSPS) is 13.8. The number of aromatic nitrogens is 4. The Balaban J connectivity index is 1.46. The number of rotatable bonds is 9. The van der Waals surface area contributed by atoms with Gasteiger partial charge in [0, 0.05) is 56.8 Å². The molecule has 1 aliphatic rings. The molecule has 3 aromatic heterocycles. The van der Waals surface area contributed by atoms with E-state index in [1.165, 1.54) is 24.0 Å². The van der Waals surface area contributed by atoms with E-state index in [1.54, 1.807) is 12.4 Å². The average Bonchev–Trinajstić information content (AvgIpc) is 3.22. The highest BCUT2D eigenvalue weighted by Gasteiger charge is 2.18. The van der Waals surface area contributed by atoms with Crippen LogP contribution in [0.1, 0.15) is 29.9 Å². The van der Waals surface area contributed by atoms with Crippen molar-refractivity contribution in [2.45, 2.75) is 64.7 Å². The highest BCUT2D eigenvalue weighted by molar-refractivity contribution is 6.76. The monoisotopic (exact) mass is 436 g/mol. The quantitative estimate of drug-likeness (QED) is 0.344. The van der Waals surface area contributed by atoms with Gasteiger partial charge in [0.2, 0.25) is 5.88 Å². The lowest BCUT2D eigenvalue weighted by molar-refractivity contribution is 0.0823. The summed E-state index contributed by atoms with van der Waals surface area (Å²) in [5.74, 6) is 1.49. The van der Waals surface area contributed by atoms with E-state index in [0.717, 1.165) is 42.6 Å². The summed E-state index contributed by atoms with van der Waals surface area (Å²) >= 11 is 0. The van der Waals surface area contributed by atoms with E-state index >= 15 is 0 Å². The Bertz CT molecular complexity index is 999. The Labute approximate surface area is 185 Å². The molecule has 3 heterocycles. The summed E-state index contributed by atoms with van der Waals surface area (Å²) in [6.45, 7) is 8.73. The third kappa shape index (κ3) is 5.80. The van der Waals surface area contributed by atoms with Gasteiger partial charge >= 0.3 is 0 Å². The predicted molar refractivity (Wildman–Crippen MR) is 125 cm³/mol. The molecule has 1 aliphatic carbocycles. The first-order valence-corrected chi connectivity index (χ1v) is 14.8. The van der Waals surface area contributed by atoms with Gasteiger partial charge in [0.1, 0.15) is 19.2 Å². The molecule has 4 rings (SSSR count). The number of ether oxygens (including phenoxy) is 2. The zero-order valence-electron chi connectivity index (χ0n) is 18.8. The maximum absolute atomic E-state index is 6.12. The van der Waals surface area contributed by atoms with Crippen molar-refractivity contribution in [1.82, 2.24) is 19.5 Å². The molecule has 31 heavy (non-hydrogen) atoms. The molecule has 0 aliphatic heterocycles. The van der Waals surface area contributed by atoms with Gasteiger partial charge in [-0.3, -0.25) is 4.98 Å². The number of hydrogen-bond acceptors (Lipinski definition) is 5. The molecule has 0 fully saturated rings. The van der Waals surface area contributed by atoms with E-state index < -0.39 is 8.07 Å². The molecule has 0 aromatic carbocycles. The lowest BCUT2D eigenvalue weighted by Gasteiger charge is -2.20. The van der Waals surface area contributed by atoms with Crippen LogP contribution >= 0.6 is 0 Å². The molecule has 6 nitrogen and oxygen atoms in total. The zero-order chi connectivity index (χ0) is 21.7. The number of pyridine rings is 2. The number of aryl methyl sites for hydroxylation is 1. The molecule has 0 saturated carbocycles. The first-order valence-electron chi connectivity index (χ1n) is 11.1. The van der Waals surface area contributed by atoms with Crippen molar-refractivity contribution < 1.29 is 9.47 Å². The van der Waals surface area contributed by atoms with Crippen molar-refractivity contribution in [1.29, 1.82) is 0 Å². The second-order valence-electron chi connectivity index (χ2n) is 9.33. The van der Waals surface area contributed by atoms with Gasteiger partial charge in [-0.1, -0.05) is 25.7 Å². The third-order valence-corrected chi connectivity index (χ3v) is 7.33. The predicted octanol–water partition coefficient (Wildman–Crippen LogP) is 5.11. The second kappa shape index (κ2) is 9.74. The fourth-order valence-corrected chi connectivity index (χ4v) is 4.57. The fourth-order valence-electron chi connectivity index (χ4n) is 3.81. The zero-order valence-corrected chi connectivity index (χ0v) is 19.8. The molecule has 0 atom stereocenters. The van der Waals surface area contributed by atoms with Crippen molar-refractivity contribution >= 4 is 8.07 Å². The highest BCUT2D eigenvalue weighted by atomic mass is 28.3. The molecule has 0 bridgehead atoms. The fraction of sp³-hybridized carbons (Fsp3) is 0.458. The van der Waals surface area contributed by atoms with E-state index in [-0.39, 0.29) is 0 Å².